The van der Waals surface area contributed by atoms with Gasteiger partial charge >= 0.3 is 0 Å². The largest absolute Gasteiger partial charge is 0.322 e. The van der Waals surface area contributed by atoms with E-state index in [2.05, 4.69) is 14.8 Å². The molecule has 0 spiro atoms. The van der Waals surface area contributed by atoms with Crippen LogP contribution in [-0.4, -0.2) is 22.7 Å². The second-order valence-corrected chi connectivity index (χ2v) is 12.7. The maximum Gasteiger partial charge on any atom is 0.263 e. The van der Waals surface area contributed by atoms with Gasteiger partial charge in [0.1, 0.15) is 4.90 Å². The zero-order valence-corrected chi connectivity index (χ0v) is 23.7. The van der Waals surface area contributed by atoms with Gasteiger partial charge < -0.3 is 5.32 Å². The fourth-order valence-electron chi connectivity index (χ4n) is 3.79. The summed E-state index contributed by atoms with van der Waals surface area (Å²) in [5, 5.41) is 2.60. The fourth-order valence-corrected chi connectivity index (χ4v) is 6.58. The highest BCUT2D eigenvalue weighted by molar-refractivity contribution is 7.93. The van der Waals surface area contributed by atoms with Crippen LogP contribution in [0.3, 0.4) is 0 Å². The van der Waals surface area contributed by atoms with E-state index in [0.717, 1.165) is 16.7 Å². The smallest absolute Gasteiger partial charge is 0.263 e. The van der Waals surface area contributed by atoms with E-state index >= 15 is 0 Å². The molecule has 8 nitrogen and oxygen atoms in total. The molecule has 0 unspecified atom stereocenters. The molecule has 39 heavy (non-hydrogen) atoms. The van der Waals surface area contributed by atoms with E-state index in [4.69, 9.17) is 11.6 Å². The Kier molecular flexibility index (Phi) is 8.01. The van der Waals surface area contributed by atoms with Crippen LogP contribution >= 0.6 is 11.6 Å². The summed E-state index contributed by atoms with van der Waals surface area (Å²) < 4.78 is 56.8. The summed E-state index contributed by atoms with van der Waals surface area (Å²) in [6.07, 6.45) is 0. The number of hydrogen-bond acceptors (Lipinski definition) is 5. The predicted octanol–water partition coefficient (Wildman–Crippen LogP) is 6.12. The molecule has 4 aromatic rings. The van der Waals surface area contributed by atoms with Gasteiger partial charge in [-0.1, -0.05) is 47.5 Å². The molecular formula is C28H26ClN3O5S2. The van der Waals surface area contributed by atoms with Crippen molar-refractivity contribution in [3.05, 3.63) is 112 Å². The molecule has 3 N–H and O–H groups in total. The fraction of sp³-hybridized carbons (Fsp3) is 0.107. The number of aryl methyl sites for hydroxylation is 3. The molecule has 0 aromatic heterocycles. The van der Waals surface area contributed by atoms with Gasteiger partial charge in [-0.05, 0) is 86.5 Å². The number of para-hydroxylation sites is 1. The van der Waals surface area contributed by atoms with Crippen molar-refractivity contribution < 1.29 is 21.6 Å². The number of amides is 1. The summed E-state index contributed by atoms with van der Waals surface area (Å²) in [5.74, 6) is -0.594. The third-order valence-corrected chi connectivity index (χ3v) is 9.15. The van der Waals surface area contributed by atoms with Crippen LogP contribution in [0.1, 0.15) is 27.0 Å². The molecular weight excluding hydrogens is 558 g/mol. The number of anilines is 3. The summed E-state index contributed by atoms with van der Waals surface area (Å²) in [6.45, 7) is 5.50. The third kappa shape index (κ3) is 6.59. The molecule has 0 aliphatic carbocycles. The van der Waals surface area contributed by atoms with Crippen molar-refractivity contribution in [1.29, 1.82) is 0 Å². The van der Waals surface area contributed by atoms with Gasteiger partial charge in [0.15, 0.2) is 0 Å². The number of nitrogens with one attached hydrogen (secondary N) is 3. The molecule has 0 atom stereocenters. The van der Waals surface area contributed by atoms with E-state index in [0.29, 0.717) is 17.1 Å². The van der Waals surface area contributed by atoms with E-state index in [1.54, 1.807) is 37.3 Å². The number of benzene rings is 4. The quantitative estimate of drug-likeness (QED) is 0.231. The summed E-state index contributed by atoms with van der Waals surface area (Å²) in [7, 11) is -7.94. The standard InChI is InChI=1S/C28H26ClN3O5S2/c1-18-8-15-26(20(3)16-18)31-38(34,35)23-12-10-22(11-13-23)30-28(33)21-9-14-24(29)27(17-21)39(36,37)32-25-7-5-4-6-19(25)2/h4-17,31-32H,1-3H3,(H,30,33). The molecule has 0 aliphatic rings. The molecule has 0 heterocycles. The van der Waals surface area contributed by atoms with E-state index in [1.807, 2.05) is 26.0 Å². The van der Waals surface area contributed by atoms with Crippen molar-refractivity contribution in [3.63, 3.8) is 0 Å². The average molecular weight is 584 g/mol. The Morgan fingerprint density at radius 3 is 2.00 bits per heavy atom. The Bertz CT molecular complexity index is 1770. The zero-order chi connectivity index (χ0) is 28.4. The minimum Gasteiger partial charge on any atom is -0.322 e. The van der Waals surface area contributed by atoms with Gasteiger partial charge in [0.25, 0.3) is 26.0 Å². The highest BCUT2D eigenvalue weighted by atomic mass is 35.5. The Morgan fingerprint density at radius 2 is 1.33 bits per heavy atom. The van der Waals surface area contributed by atoms with Gasteiger partial charge in [-0.2, -0.15) is 0 Å². The van der Waals surface area contributed by atoms with Crippen LogP contribution in [0.15, 0.2) is 94.7 Å². The lowest BCUT2D eigenvalue weighted by Crippen LogP contribution is -2.17. The minimum atomic E-state index is -4.08. The van der Waals surface area contributed by atoms with E-state index in [1.165, 1.54) is 42.5 Å². The van der Waals surface area contributed by atoms with Crippen LogP contribution < -0.4 is 14.8 Å². The van der Waals surface area contributed by atoms with Crippen LogP contribution in [0.2, 0.25) is 5.02 Å². The molecule has 0 saturated carbocycles. The van der Waals surface area contributed by atoms with Crippen LogP contribution in [-0.2, 0) is 20.0 Å². The summed E-state index contributed by atoms with van der Waals surface area (Å²) in [5.41, 5.74) is 3.78. The SMILES string of the molecule is Cc1ccc(NS(=O)(=O)c2ccc(NC(=O)c3ccc(Cl)c(S(=O)(=O)Nc4ccccc4C)c3)cc2)c(C)c1. The molecule has 0 bridgehead atoms. The van der Waals surface area contributed by atoms with Crippen molar-refractivity contribution in [2.24, 2.45) is 0 Å². The second-order valence-electron chi connectivity index (χ2n) is 8.97. The first-order chi connectivity index (χ1) is 18.4. The highest BCUT2D eigenvalue weighted by Crippen LogP contribution is 2.27. The van der Waals surface area contributed by atoms with Crippen LogP contribution in [0.25, 0.3) is 0 Å². The lowest BCUT2D eigenvalue weighted by atomic mass is 10.1. The van der Waals surface area contributed by atoms with E-state index in [-0.39, 0.29) is 20.4 Å². The number of sulfonamides is 2. The number of rotatable bonds is 8. The Balaban J connectivity index is 1.51. The minimum absolute atomic E-state index is 0.0163. The summed E-state index contributed by atoms with van der Waals surface area (Å²) >= 11 is 6.17. The topological polar surface area (TPSA) is 121 Å². The number of halogens is 1. The van der Waals surface area contributed by atoms with Gasteiger partial charge in [-0.25, -0.2) is 16.8 Å². The maximum atomic E-state index is 13.0. The average Bonchev–Trinajstić information content (AvgIpc) is 2.87. The lowest BCUT2D eigenvalue weighted by Gasteiger charge is -2.13. The van der Waals surface area contributed by atoms with Crippen molar-refractivity contribution in [1.82, 2.24) is 0 Å². The first-order valence-electron chi connectivity index (χ1n) is 11.8. The highest BCUT2D eigenvalue weighted by Gasteiger charge is 2.21. The Hall–Kier alpha value is -3.86. The van der Waals surface area contributed by atoms with E-state index < -0.39 is 26.0 Å². The van der Waals surface area contributed by atoms with Gasteiger partial charge in [0.05, 0.1) is 21.3 Å². The Morgan fingerprint density at radius 1 is 0.692 bits per heavy atom. The molecule has 0 fully saturated rings. The molecule has 0 radical (unpaired) electrons. The van der Waals surface area contributed by atoms with E-state index in [9.17, 15) is 21.6 Å². The summed E-state index contributed by atoms with van der Waals surface area (Å²) in [4.78, 5) is 12.7. The molecule has 4 aromatic carbocycles. The van der Waals surface area contributed by atoms with Gasteiger partial charge in [-0.3, -0.25) is 14.2 Å². The number of carbonyl (C=O) groups excluding carboxylic acids is 1. The van der Waals surface area contributed by atoms with Gasteiger partial charge in [-0.15, -0.1) is 0 Å². The normalized spacial score (nSPS) is 11.6. The van der Waals surface area contributed by atoms with Crippen molar-refractivity contribution in [2.45, 2.75) is 30.6 Å². The Labute approximate surface area is 233 Å². The summed E-state index contributed by atoms with van der Waals surface area (Å²) in [6, 6.07) is 21.8. The van der Waals surface area contributed by atoms with Gasteiger partial charge in [0, 0.05) is 11.3 Å². The molecule has 0 saturated heterocycles. The van der Waals surface area contributed by atoms with Crippen molar-refractivity contribution >= 4 is 54.6 Å². The number of carbonyl (C=O) groups is 1. The molecule has 1 amide bonds. The third-order valence-electron chi connectivity index (χ3n) is 5.92. The predicted molar refractivity (Wildman–Crippen MR) is 155 cm³/mol. The lowest BCUT2D eigenvalue weighted by molar-refractivity contribution is 0.102. The first-order valence-corrected chi connectivity index (χ1v) is 15.1. The molecule has 0 aliphatic heterocycles. The maximum absolute atomic E-state index is 13.0. The first kappa shape index (κ1) is 28.2. The van der Waals surface area contributed by atoms with Crippen LogP contribution in [0, 0.1) is 20.8 Å². The molecule has 11 heteroatoms. The molecule has 202 valence electrons. The van der Waals surface area contributed by atoms with Gasteiger partial charge in [0.2, 0.25) is 0 Å². The molecule has 4 rings (SSSR count). The zero-order valence-electron chi connectivity index (χ0n) is 21.3. The number of hydrogen-bond donors (Lipinski definition) is 3. The van der Waals surface area contributed by atoms with Crippen molar-refractivity contribution in [2.75, 3.05) is 14.8 Å². The second kappa shape index (κ2) is 11.1. The van der Waals surface area contributed by atoms with Crippen LogP contribution in [0.4, 0.5) is 17.1 Å². The van der Waals surface area contributed by atoms with Crippen LogP contribution in [0.5, 0.6) is 0 Å². The monoisotopic (exact) mass is 583 g/mol. The van der Waals surface area contributed by atoms with Crippen molar-refractivity contribution in [3.8, 4) is 0 Å².